The number of carbonyl (C=O) groups is 1. The average Bonchev–Trinajstić information content (AvgIpc) is 3.09. The van der Waals surface area contributed by atoms with E-state index in [0.717, 1.165) is 39.1 Å². The molecule has 6 heteroatoms. The summed E-state index contributed by atoms with van der Waals surface area (Å²) in [6.45, 7) is 6.30. The quantitative estimate of drug-likeness (QED) is 0.843. The van der Waals surface area contributed by atoms with Crippen molar-refractivity contribution >= 4 is 11.6 Å². The summed E-state index contributed by atoms with van der Waals surface area (Å²) in [5.74, 6) is 0.260. The first kappa shape index (κ1) is 15.5. The SMILES string of the molecule is Cc1cnccc1N1CCN(C(=O)CCCn2ccnc2)CC1. The maximum atomic E-state index is 12.3. The van der Waals surface area contributed by atoms with Gasteiger partial charge in [-0.2, -0.15) is 0 Å². The Bertz CT molecular complexity index is 632. The van der Waals surface area contributed by atoms with Gasteiger partial charge >= 0.3 is 0 Å². The number of pyridine rings is 1. The number of hydrogen-bond donors (Lipinski definition) is 0. The average molecular weight is 313 g/mol. The van der Waals surface area contributed by atoms with E-state index >= 15 is 0 Å². The second kappa shape index (κ2) is 7.26. The van der Waals surface area contributed by atoms with Crippen LogP contribution < -0.4 is 4.90 Å². The van der Waals surface area contributed by atoms with Crippen LogP contribution in [0.3, 0.4) is 0 Å². The first-order valence-electron chi connectivity index (χ1n) is 8.13. The van der Waals surface area contributed by atoms with Gasteiger partial charge in [-0.05, 0) is 25.0 Å². The Morgan fingerprint density at radius 2 is 2.00 bits per heavy atom. The number of aryl methyl sites for hydroxylation is 2. The Morgan fingerprint density at radius 3 is 2.70 bits per heavy atom. The molecule has 1 aliphatic heterocycles. The summed E-state index contributed by atoms with van der Waals surface area (Å²) >= 11 is 0. The van der Waals surface area contributed by atoms with Crippen LogP contribution in [0.5, 0.6) is 0 Å². The molecule has 0 atom stereocenters. The molecule has 1 amide bonds. The molecule has 3 heterocycles. The predicted octanol–water partition coefficient (Wildman–Crippen LogP) is 1.72. The summed E-state index contributed by atoms with van der Waals surface area (Å²) in [5, 5.41) is 0. The maximum absolute atomic E-state index is 12.3. The molecule has 0 bridgehead atoms. The second-order valence-corrected chi connectivity index (χ2v) is 5.93. The zero-order valence-electron chi connectivity index (χ0n) is 13.6. The third-order valence-corrected chi connectivity index (χ3v) is 4.33. The summed E-state index contributed by atoms with van der Waals surface area (Å²) < 4.78 is 2.01. The van der Waals surface area contributed by atoms with Crippen molar-refractivity contribution in [1.29, 1.82) is 0 Å². The molecule has 3 rings (SSSR count). The topological polar surface area (TPSA) is 54.3 Å². The fourth-order valence-electron chi connectivity index (χ4n) is 3.01. The lowest BCUT2D eigenvalue weighted by Crippen LogP contribution is -2.49. The van der Waals surface area contributed by atoms with Crippen molar-refractivity contribution in [3.63, 3.8) is 0 Å². The fraction of sp³-hybridized carbons (Fsp3) is 0.471. The zero-order valence-corrected chi connectivity index (χ0v) is 13.6. The van der Waals surface area contributed by atoms with Gasteiger partial charge < -0.3 is 14.4 Å². The van der Waals surface area contributed by atoms with Crippen LogP contribution in [0.4, 0.5) is 5.69 Å². The number of aromatic nitrogens is 3. The predicted molar refractivity (Wildman–Crippen MR) is 89.2 cm³/mol. The molecule has 0 N–H and O–H groups in total. The summed E-state index contributed by atoms with van der Waals surface area (Å²) in [5.41, 5.74) is 2.42. The van der Waals surface area contributed by atoms with Gasteiger partial charge in [0.15, 0.2) is 0 Å². The second-order valence-electron chi connectivity index (χ2n) is 5.93. The Labute approximate surface area is 136 Å². The van der Waals surface area contributed by atoms with Gasteiger partial charge in [0.05, 0.1) is 6.33 Å². The fourth-order valence-corrected chi connectivity index (χ4v) is 3.01. The van der Waals surface area contributed by atoms with Crippen molar-refractivity contribution in [2.45, 2.75) is 26.3 Å². The third-order valence-electron chi connectivity index (χ3n) is 4.33. The molecule has 2 aromatic rings. The van der Waals surface area contributed by atoms with Gasteiger partial charge in [0.25, 0.3) is 0 Å². The van der Waals surface area contributed by atoms with Gasteiger partial charge in [0, 0.05) is 69.6 Å². The number of rotatable bonds is 5. The Kier molecular flexibility index (Phi) is 4.90. The van der Waals surface area contributed by atoms with Crippen LogP contribution in [0.25, 0.3) is 0 Å². The van der Waals surface area contributed by atoms with E-state index in [0.29, 0.717) is 6.42 Å². The standard InChI is InChI=1S/C17H23N5O/c1-15-13-18-5-4-16(15)21-9-11-22(12-10-21)17(23)3-2-7-20-8-6-19-14-20/h4-6,8,13-14H,2-3,7,9-12H2,1H3. The summed E-state index contributed by atoms with van der Waals surface area (Å²) in [6.07, 6.45) is 10.7. The van der Waals surface area contributed by atoms with Crippen molar-refractivity contribution in [3.05, 3.63) is 42.7 Å². The number of anilines is 1. The van der Waals surface area contributed by atoms with Crippen molar-refractivity contribution in [3.8, 4) is 0 Å². The Morgan fingerprint density at radius 1 is 1.17 bits per heavy atom. The van der Waals surface area contributed by atoms with Crippen LogP contribution in [-0.2, 0) is 11.3 Å². The summed E-state index contributed by atoms with van der Waals surface area (Å²) in [6, 6.07) is 2.05. The molecule has 0 radical (unpaired) electrons. The molecule has 1 aliphatic rings. The highest BCUT2D eigenvalue weighted by Gasteiger charge is 2.21. The van der Waals surface area contributed by atoms with Crippen molar-refractivity contribution < 1.29 is 4.79 Å². The van der Waals surface area contributed by atoms with Gasteiger partial charge in [0.2, 0.25) is 5.91 Å². The summed E-state index contributed by atoms with van der Waals surface area (Å²) in [7, 11) is 0. The smallest absolute Gasteiger partial charge is 0.222 e. The number of amides is 1. The molecule has 0 spiro atoms. The number of nitrogens with zero attached hydrogens (tertiary/aromatic N) is 5. The molecule has 0 aromatic carbocycles. The van der Waals surface area contributed by atoms with E-state index in [9.17, 15) is 4.79 Å². The highest BCUT2D eigenvalue weighted by Crippen LogP contribution is 2.20. The van der Waals surface area contributed by atoms with E-state index in [1.807, 2.05) is 28.1 Å². The molecule has 1 fully saturated rings. The van der Waals surface area contributed by atoms with Crippen LogP contribution in [0.15, 0.2) is 37.2 Å². The highest BCUT2D eigenvalue weighted by molar-refractivity contribution is 5.76. The normalized spacial score (nSPS) is 15.0. The van der Waals surface area contributed by atoms with Crippen molar-refractivity contribution in [2.75, 3.05) is 31.1 Å². The molecule has 2 aromatic heterocycles. The van der Waals surface area contributed by atoms with E-state index in [1.165, 1.54) is 11.3 Å². The Hall–Kier alpha value is -2.37. The van der Waals surface area contributed by atoms with Crippen molar-refractivity contribution in [1.82, 2.24) is 19.4 Å². The summed E-state index contributed by atoms with van der Waals surface area (Å²) in [4.78, 5) is 24.8. The minimum Gasteiger partial charge on any atom is -0.368 e. The first-order valence-corrected chi connectivity index (χ1v) is 8.13. The van der Waals surface area contributed by atoms with E-state index in [1.54, 1.807) is 12.5 Å². The lowest BCUT2D eigenvalue weighted by atomic mass is 10.2. The molecule has 0 aliphatic carbocycles. The van der Waals surface area contributed by atoms with Crippen LogP contribution in [0.2, 0.25) is 0 Å². The monoisotopic (exact) mass is 313 g/mol. The number of imidazole rings is 1. The molecule has 6 nitrogen and oxygen atoms in total. The maximum Gasteiger partial charge on any atom is 0.222 e. The molecule has 1 saturated heterocycles. The zero-order chi connectivity index (χ0) is 16.1. The first-order chi connectivity index (χ1) is 11.2. The molecule has 0 saturated carbocycles. The van der Waals surface area contributed by atoms with Gasteiger partial charge in [-0.3, -0.25) is 9.78 Å². The van der Waals surface area contributed by atoms with E-state index < -0.39 is 0 Å². The highest BCUT2D eigenvalue weighted by atomic mass is 16.2. The molecule has 23 heavy (non-hydrogen) atoms. The van der Waals surface area contributed by atoms with Crippen LogP contribution in [0, 0.1) is 6.92 Å². The van der Waals surface area contributed by atoms with E-state index in [4.69, 9.17) is 0 Å². The van der Waals surface area contributed by atoms with Gasteiger partial charge in [-0.25, -0.2) is 4.98 Å². The van der Waals surface area contributed by atoms with Crippen LogP contribution in [0.1, 0.15) is 18.4 Å². The third kappa shape index (κ3) is 3.88. The van der Waals surface area contributed by atoms with Crippen molar-refractivity contribution in [2.24, 2.45) is 0 Å². The lowest BCUT2D eigenvalue weighted by Gasteiger charge is -2.36. The minimum absolute atomic E-state index is 0.260. The molecular weight excluding hydrogens is 290 g/mol. The van der Waals surface area contributed by atoms with Gasteiger partial charge in [-0.1, -0.05) is 0 Å². The number of hydrogen-bond acceptors (Lipinski definition) is 4. The minimum atomic E-state index is 0.260. The van der Waals surface area contributed by atoms with Gasteiger partial charge in [0.1, 0.15) is 0 Å². The molecule has 122 valence electrons. The van der Waals surface area contributed by atoms with E-state index in [2.05, 4.69) is 27.9 Å². The Balaban J connectivity index is 1.45. The number of carbonyl (C=O) groups excluding carboxylic acids is 1. The number of piperazine rings is 1. The van der Waals surface area contributed by atoms with Crippen LogP contribution >= 0.6 is 0 Å². The largest absolute Gasteiger partial charge is 0.368 e. The van der Waals surface area contributed by atoms with Crippen LogP contribution in [-0.4, -0.2) is 51.5 Å². The van der Waals surface area contributed by atoms with E-state index in [-0.39, 0.29) is 5.91 Å². The van der Waals surface area contributed by atoms with Gasteiger partial charge in [-0.15, -0.1) is 0 Å². The molecular formula is C17H23N5O. The lowest BCUT2D eigenvalue weighted by molar-refractivity contribution is -0.131. The molecule has 0 unspecified atom stereocenters.